The lowest BCUT2D eigenvalue weighted by atomic mass is 10.1. The predicted molar refractivity (Wildman–Crippen MR) is 115 cm³/mol. The maximum Gasteiger partial charge on any atom is 0.268 e. The summed E-state index contributed by atoms with van der Waals surface area (Å²) in [5, 5.41) is 3.17. The fourth-order valence-electron chi connectivity index (χ4n) is 3.05. The third-order valence-corrected chi connectivity index (χ3v) is 5.68. The molecule has 0 spiro atoms. The zero-order chi connectivity index (χ0) is 20.7. The van der Waals surface area contributed by atoms with Crippen LogP contribution in [0.3, 0.4) is 0 Å². The first-order valence-corrected chi connectivity index (χ1v) is 9.90. The minimum absolute atomic E-state index is 0.173. The second-order valence-electron chi connectivity index (χ2n) is 6.54. The van der Waals surface area contributed by atoms with Gasteiger partial charge in [-0.05, 0) is 36.8 Å². The van der Waals surface area contributed by atoms with E-state index in [0.29, 0.717) is 44.6 Å². The van der Waals surface area contributed by atoms with Crippen molar-refractivity contribution in [3.8, 4) is 10.6 Å². The van der Waals surface area contributed by atoms with E-state index in [4.69, 9.17) is 23.1 Å². The molecule has 146 valence electrons. The number of aromatic nitrogens is 3. The molecule has 0 radical (unpaired) electrons. The molecule has 2 heterocycles. The van der Waals surface area contributed by atoms with Gasteiger partial charge in [-0.2, -0.15) is 0 Å². The maximum absolute atomic E-state index is 13.1. The lowest BCUT2D eigenvalue weighted by Crippen LogP contribution is -2.24. The standard InChI is InChI=1S/C20H16ClN5O2S/c1-10-24-16-7-13(19-25-17(9-29-19)18(23)27)15(22)6-14(16)20(28)26(10)8-11-2-4-12(21)5-3-11/h2-7,9H,8,22H2,1H3,(H2,23,27). The molecule has 4 N–H and O–H groups in total. The smallest absolute Gasteiger partial charge is 0.268 e. The minimum Gasteiger partial charge on any atom is -0.398 e. The Morgan fingerprint density at radius 2 is 1.93 bits per heavy atom. The maximum atomic E-state index is 13.1. The van der Waals surface area contributed by atoms with Crippen LogP contribution in [0.2, 0.25) is 5.02 Å². The fraction of sp³-hybridized carbons (Fsp3) is 0.100. The Morgan fingerprint density at radius 3 is 2.59 bits per heavy atom. The van der Waals surface area contributed by atoms with Crippen LogP contribution >= 0.6 is 22.9 Å². The van der Waals surface area contributed by atoms with Gasteiger partial charge in [-0.1, -0.05) is 23.7 Å². The molecule has 7 nitrogen and oxygen atoms in total. The molecule has 0 unspecified atom stereocenters. The Bertz CT molecular complexity index is 1310. The van der Waals surface area contributed by atoms with Gasteiger partial charge in [0.2, 0.25) is 0 Å². The molecule has 0 aliphatic rings. The number of nitrogens with two attached hydrogens (primary N) is 2. The summed E-state index contributed by atoms with van der Waals surface area (Å²) in [4.78, 5) is 33.2. The summed E-state index contributed by atoms with van der Waals surface area (Å²) in [5.74, 6) is -0.0314. The van der Waals surface area contributed by atoms with Crippen molar-refractivity contribution in [1.29, 1.82) is 0 Å². The van der Waals surface area contributed by atoms with Crippen molar-refractivity contribution >= 4 is 45.4 Å². The minimum atomic E-state index is -0.606. The van der Waals surface area contributed by atoms with E-state index in [0.717, 1.165) is 5.56 Å². The number of carbonyl (C=O) groups excluding carboxylic acids is 1. The summed E-state index contributed by atoms with van der Waals surface area (Å²) in [6, 6.07) is 10.6. The summed E-state index contributed by atoms with van der Waals surface area (Å²) < 4.78 is 1.60. The third-order valence-electron chi connectivity index (χ3n) is 4.56. The Morgan fingerprint density at radius 1 is 1.21 bits per heavy atom. The second-order valence-corrected chi connectivity index (χ2v) is 7.83. The van der Waals surface area contributed by atoms with Gasteiger partial charge in [0.05, 0.1) is 17.4 Å². The number of amides is 1. The van der Waals surface area contributed by atoms with E-state index in [1.165, 1.54) is 11.3 Å². The van der Waals surface area contributed by atoms with Crippen molar-refractivity contribution in [2.24, 2.45) is 5.73 Å². The lowest BCUT2D eigenvalue weighted by Gasteiger charge is -2.12. The van der Waals surface area contributed by atoms with E-state index in [1.54, 1.807) is 41.1 Å². The zero-order valence-electron chi connectivity index (χ0n) is 15.3. The van der Waals surface area contributed by atoms with Crippen molar-refractivity contribution in [2.75, 3.05) is 5.73 Å². The van der Waals surface area contributed by atoms with Crippen molar-refractivity contribution in [3.05, 3.63) is 74.2 Å². The predicted octanol–water partition coefficient (Wildman–Crippen LogP) is 3.21. The first-order chi connectivity index (χ1) is 13.8. The number of benzene rings is 2. The number of fused-ring (bicyclic) bond motifs is 1. The molecule has 0 fully saturated rings. The molecule has 1 amide bonds. The van der Waals surface area contributed by atoms with E-state index in [1.807, 2.05) is 12.1 Å². The summed E-state index contributed by atoms with van der Waals surface area (Å²) in [6.45, 7) is 2.16. The first-order valence-electron chi connectivity index (χ1n) is 8.64. The Balaban J connectivity index is 1.81. The van der Waals surface area contributed by atoms with E-state index in [2.05, 4.69) is 9.97 Å². The first kappa shape index (κ1) is 19.1. The molecular formula is C20H16ClN5O2S. The molecule has 0 bridgehead atoms. The molecule has 0 atom stereocenters. The SMILES string of the molecule is Cc1nc2cc(-c3nc(C(N)=O)cs3)c(N)cc2c(=O)n1Cc1ccc(Cl)cc1. The van der Waals surface area contributed by atoms with Crippen LogP contribution in [0.25, 0.3) is 21.5 Å². The molecule has 9 heteroatoms. The number of hydrogen-bond donors (Lipinski definition) is 2. The Kier molecular flexibility index (Phi) is 4.81. The number of hydrogen-bond acceptors (Lipinski definition) is 6. The van der Waals surface area contributed by atoms with Gasteiger partial charge in [-0.25, -0.2) is 9.97 Å². The number of carbonyl (C=O) groups is 1. The van der Waals surface area contributed by atoms with Crippen molar-refractivity contribution < 1.29 is 4.79 Å². The average Bonchev–Trinajstić information content (AvgIpc) is 3.17. The number of primary amides is 1. The number of nitrogen functional groups attached to an aromatic ring is 1. The van der Waals surface area contributed by atoms with Gasteiger partial charge in [0.15, 0.2) is 0 Å². The van der Waals surface area contributed by atoms with Gasteiger partial charge in [-0.15, -0.1) is 11.3 Å². The quantitative estimate of drug-likeness (QED) is 0.487. The number of halogens is 1. The van der Waals surface area contributed by atoms with Crippen LogP contribution in [0.5, 0.6) is 0 Å². The highest BCUT2D eigenvalue weighted by Crippen LogP contribution is 2.31. The Labute approximate surface area is 174 Å². The van der Waals surface area contributed by atoms with Crippen LogP contribution in [0.4, 0.5) is 5.69 Å². The van der Waals surface area contributed by atoms with Gasteiger partial charge < -0.3 is 11.5 Å². The van der Waals surface area contributed by atoms with Crippen LogP contribution in [-0.4, -0.2) is 20.4 Å². The second kappa shape index (κ2) is 7.31. The molecule has 0 saturated heterocycles. The topological polar surface area (TPSA) is 117 Å². The summed E-state index contributed by atoms with van der Waals surface area (Å²) >= 11 is 7.19. The normalized spacial score (nSPS) is 11.1. The third kappa shape index (κ3) is 3.59. The monoisotopic (exact) mass is 425 g/mol. The average molecular weight is 426 g/mol. The van der Waals surface area contributed by atoms with Crippen LogP contribution in [0.15, 0.2) is 46.6 Å². The number of thiazole rings is 1. The van der Waals surface area contributed by atoms with E-state index >= 15 is 0 Å². The van der Waals surface area contributed by atoms with Gasteiger partial charge >= 0.3 is 0 Å². The molecule has 0 aliphatic carbocycles. The van der Waals surface area contributed by atoms with Crippen LogP contribution < -0.4 is 17.0 Å². The van der Waals surface area contributed by atoms with E-state index in [-0.39, 0.29) is 11.3 Å². The van der Waals surface area contributed by atoms with Crippen LogP contribution in [0, 0.1) is 6.92 Å². The van der Waals surface area contributed by atoms with E-state index < -0.39 is 5.91 Å². The summed E-state index contributed by atoms with van der Waals surface area (Å²) in [5.41, 5.74) is 13.9. The molecule has 4 rings (SSSR count). The van der Waals surface area contributed by atoms with Crippen LogP contribution in [0.1, 0.15) is 21.9 Å². The molecule has 2 aromatic carbocycles. The van der Waals surface area contributed by atoms with Gasteiger partial charge in [0.1, 0.15) is 16.5 Å². The number of nitrogens with zero attached hydrogens (tertiary/aromatic N) is 3. The fourth-order valence-corrected chi connectivity index (χ4v) is 4.02. The van der Waals surface area contributed by atoms with Gasteiger partial charge in [0.25, 0.3) is 11.5 Å². The molecular weight excluding hydrogens is 410 g/mol. The van der Waals surface area contributed by atoms with E-state index in [9.17, 15) is 9.59 Å². The van der Waals surface area contributed by atoms with Crippen molar-refractivity contribution in [3.63, 3.8) is 0 Å². The summed E-state index contributed by atoms with van der Waals surface area (Å²) in [7, 11) is 0. The molecule has 4 aromatic rings. The number of anilines is 1. The number of rotatable bonds is 4. The largest absolute Gasteiger partial charge is 0.398 e. The molecule has 2 aromatic heterocycles. The highest BCUT2D eigenvalue weighted by atomic mass is 35.5. The summed E-state index contributed by atoms with van der Waals surface area (Å²) in [6.07, 6.45) is 0. The zero-order valence-corrected chi connectivity index (χ0v) is 16.9. The molecule has 0 aliphatic heterocycles. The highest BCUT2D eigenvalue weighted by molar-refractivity contribution is 7.13. The Hall–Kier alpha value is -3.23. The molecule has 0 saturated carbocycles. The van der Waals surface area contributed by atoms with Crippen molar-refractivity contribution in [1.82, 2.24) is 14.5 Å². The molecule has 29 heavy (non-hydrogen) atoms. The lowest BCUT2D eigenvalue weighted by molar-refractivity contribution is 0.0996. The highest BCUT2D eigenvalue weighted by Gasteiger charge is 2.15. The van der Waals surface area contributed by atoms with Crippen LogP contribution in [-0.2, 0) is 6.54 Å². The number of aryl methyl sites for hydroxylation is 1. The van der Waals surface area contributed by atoms with Gasteiger partial charge in [0, 0.05) is 21.7 Å². The van der Waals surface area contributed by atoms with Crippen molar-refractivity contribution in [2.45, 2.75) is 13.5 Å². The van der Waals surface area contributed by atoms with Gasteiger partial charge in [-0.3, -0.25) is 14.2 Å².